The standard InChI is InChI=1S/C12H13FN2O/c1-3-11-7(2)15-12(16-11)9-5-4-8(13)6-10(9)14/h4-6H,3,14H2,1-2H3. The zero-order chi connectivity index (χ0) is 11.7. The molecule has 84 valence electrons. The molecule has 2 rings (SSSR count). The molecule has 2 aromatic rings. The summed E-state index contributed by atoms with van der Waals surface area (Å²) in [7, 11) is 0. The molecule has 0 amide bonds. The molecule has 0 aliphatic carbocycles. The van der Waals surface area contributed by atoms with Crippen LogP contribution < -0.4 is 5.73 Å². The van der Waals surface area contributed by atoms with Crippen LogP contribution in [0.15, 0.2) is 22.6 Å². The van der Waals surface area contributed by atoms with Gasteiger partial charge in [0.15, 0.2) is 0 Å². The van der Waals surface area contributed by atoms with E-state index in [0.717, 1.165) is 17.9 Å². The molecule has 0 saturated carbocycles. The van der Waals surface area contributed by atoms with Crippen molar-refractivity contribution in [3.63, 3.8) is 0 Å². The molecule has 3 nitrogen and oxygen atoms in total. The first kappa shape index (κ1) is 10.7. The number of nitrogens with zero attached hydrogens (tertiary/aromatic N) is 1. The number of halogens is 1. The van der Waals surface area contributed by atoms with Gasteiger partial charge in [-0.1, -0.05) is 6.92 Å². The lowest BCUT2D eigenvalue weighted by atomic mass is 10.2. The molecule has 4 heteroatoms. The number of anilines is 1. The summed E-state index contributed by atoms with van der Waals surface area (Å²) in [5.41, 5.74) is 7.53. The van der Waals surface area contributed by atoms with E-state index in [1.807, 2.05) is 13.8 Å². The van der Waals surface area contributed by atoms with Crippen LogP contribution in [0.5, 0.6) is 0 Å². The molecule has 0 aliphatic rings. The van der Waals surface area contributed by atoms with Crippen molar-refractivity contribution in [1.82, 2.24) is 4.98 Å². The van der Waals surface area contributed by atoms with Crippen LogP contribution in [0.3, 0.4) is 0 Å². The van der Waals surface area contributed by atoms with Crippen molar-refractivity contribution in [3.8, 4) is 11.5 Å². The average Bonchev–Trinajstić information content (AvgIpc) is 2.59. The van der Waals surface area contributed by atoms with Gasteiger partial charge in [0, 0.05) is 12.1 Å². The molecule has 0 saturated heterocycles. The van der Waals surface area contributed by atoms with E-state index in [9.17, 15) is 4.39 Å². The van der Waals surface area contributed by atoms with Crippen molar-refractivity contribution >= 4 is 5.69 Å². The van der Waals surface area contributed by atoms with Crippen molar-refractivity contribution in [3.05, 3.63) is 35.5 Å². The summed E-state index contributed by atoms with van der Waals surface area (Å²) in [6, 6.07) is 4.19. The Balaban J connectivity index is 2.50. The van der Waals surface area contributed by atoms with Gasteiger partial charge < -0.3 is 10.2 Å². The summed E-state index contributed by atoms with van der Waals surface area (Å²) in [6.45, 7) is 3.87. The molecule has 1 aromatic carbocycles. The van der Waals surface area contributed by atoms with Gasteiger partial charge >= 0.3 is 0 Å². The lowest BCUT2D eigenvalue weighted by Gasteiger charge is -2.00. The molecule has 1 heterocycles. The lowest BCUT2D eigenvalue weighted by molar-refractivity contribution is 0.522. The Morgan fingerprint density at radius 3 is 2.75 bits per heavy atom. The number of benzene rings is 1. The minimum atomic E-state index is -0.361. The highest BCUT2D eigenvalue weighted by atomic mass is 19.1. The number of rotatable bonds is 2. The van der Waals surface area contributed by atoms with Gasteiger partial charge in [-0.05, 0) is 25.1 Å². The first-order valence-corrected chi connectivity index (χ1v) is 5.13. The maximum atomic E-state index is 12.9. The second kappa shape index (κ2) is 3.96. The largest absolute Gasteiger partial charge is 0.441 e. The van der Waals surface area contributed by atoms with Crippen LogP contribution >= 0.6 is 0 Å². The third-order valence-electron chi connectivity index (χ3n) is 2.46. The molecule has 0 atom stereocenters. The number of hydrogen-bond acceptors (Lipinski definition) is 3. The van der Waals surface area contributed by atoms with Crippen LogP contribution in [-0.2, 0) is 6.42 Å². The van der Waals surface area contributed by atoms with E-state index in [0.29, 0.717) is 17.1 Å². The lowest BCUT2D eigenvalue weighted by Crippen LogP contribution is -1.91. The number of nitrogen functional groups attached to an aromatic ring is 1. The van der Waals surface area contributed by atoms with E-state index < -0.39 is 0 Å². The SMILES string of the molecule is CCc1oc(-c2ccc(F)cc2N)nc1C. The summed E-state index contributed by atoms with van der Waals surface area (Å²) >= 11 is 0. The van der Waals surface area contributed by atoms with Gasteiger partial charge in [-0.2, -0.15) is 0 Å². The molecule has 2 N–H and O–H groups in total. The summed E-state index contributed by atoms with van der Waals surface area (Å²) in [6.07, 6.45) is 0.778. The fraction of sp³-hybridized carbons (Fsp3) is 0.250. The minimum Gasteiger partial charge on any atom is -0.441 e. The summed E-state index contributed by atoms with van der Waals surface area (Å²) < 4.78 is 18.4. The predicted molar refractivity (Wildman–Crippen MR) is 60.4 cm³/mol. The predicted octanol–water partition coefficient (Wildman–Crippen LogP) is 2.93. The van der Waals surface area contributed by atoms with E-state index in [1.165, 1.54) is 12.1 Å². The Labute approximate surface area is 93.1 Å². The third kappa shape index (κ3) is 1.78. The van der Waals surface area contributed by atoms with E-state index in [-0.39, 0.29) is 5.82 Å². The second-order valence-electron chi connectivity index (χ2n) is 3.61. The Bertz CT molecular complexity index is 520. The Kier molecular flexibility index (Phi) is 2.64. The number of aryl methyl sites for hydroxylation is 2. The maximum absolute atomic E-state index is 12.9. The highest BCUT2D eigenvalue weighted by molar-refractivity contribution is 5.70. The Morgan fingerprint density at radius 1 is 1.44 bits per heavy atom. The van der Waals surface area contributed by atoms with Gasteiger partial charge in [-0.15, -0.1) is 0 Å². The van der Waals surface area contributed by atoms with Crippen molar-refractivity contribution < 1.29 is 8.81 Å². The van der Waals surface area contributed by atoms with E-state index in [2.05, 4.69) is 4.98 Å². The molecule has 0 bridgehead atoms. The molecular formula is C12H13FN2O. The minimum absolute atomic E-state index is 0.337. The van der Waals surface area contributed by atoms with Crippen LogP contribution in [0.25, 0.3) is 11.5 Å². The van der Waals surface area contributed by atoms with Crippen LogP contribution in [0.2, 0.25) is 0 Å². The van der Waals surface area contributed by atoms with Gasteiger partial charge in [0.05, 0.1) is 11.3 Å². The van der Waals surface area contributed by atoms with E-state index in [1.54, 1.807) is 6.07 Å². The average molecular weight is 220 g/mol. The number of aromatic nitrogens is 1. The number of nitrogens with two attached hydrogens (primary N) is 1. The molecular weight excluding hydrogens is 207 g/mol. The molecule has 0 fully saturated rings. The fourth-order valence-electron chi connectivity index (χ4n) is 1.60. The smallest absolute Gasteiger partial charge is 0.228 e. The third-order valence-corrected chi connectivity index (χ3v) is 2.46. The van der Waals surface area contributed by atoms with Crippen molar-refractivity contribution in [1.29, 1.82) is 0 Å². The van der Waals surface area contributed by atoms with E-state index >= 15 is 0 Å². The van der Waals surface area contributed by atoms with Crippen molar-refractivity contribution in [2.45, 2.75) is 20.3 Å². The van der Waals surface area contributed by atoms with Gasteiger partial charge in [-0.25, -0.2) is 9.37 Å². The first-order valence-electron chi connectivity index (χ1n) is 5.13. The number of hydrogen-bond donors (Lipinski definition) is 1. The summed E-state index contributed by atoms with van der Waals surface area (Å²) in [5.74, 6) is 0.922. The van der Waals surface area contributed by atoms with Gasteiger partial charge in [0.2, 0.25) is 5.89 Å². The highest BCUT2D eigenvalue weighted by Crippen LogP contribution is 2.27. The van der Waals surface area contributed by atoms with Gasteiger partial charge in [0.1, 0.15) is 11.6 Å². The maximum Gasteiger partial charge on any atom is 0.228 e. The molecule has 0 spiro atoms. The quantitative estimate of drug-likeness (QED) is 0.791. The zero-order valence-corrected chi connectivity index (χ0v) is 9.25. The molecule has 1 aromatic heterocycles. The van der Waals surface area contributed by atoms with Gasteiger partial charge in [0.25, 0.3) is 0 Å². The monoisotopic (exact) mass is 220 g/mol. The van der Waals surface area contributed by atoms with Crippen molar-refractivity contribution in [2.75, 3.05) is 5.73 Å². The highest BCUT2D eigenvalue weighted by Gasteiger charge is 2.12. The van der Waals surface area contributed by atoms with Crippen molar-refractivity contribution in [2.24, 2.45) is 0 Å². The topological polar surface area (TPSA) is 52.0 Å². The van der Waals surface area contributed by atoms with Gasteiger partial charge in [-0.3, -0.25) is 0 Å². The second-order valence-corrected chi connectivity index (χ2v) is 3.61. The van der Waals surface area contributed by atoms with Crippen LogP contribution in [0, 0.1) is 12.7 Å². The Morgan fingerprint density at radius 2 is 2.19 bits per heavy atom. The van der Waals surface area contributed by atoms with Crippen LogP contribution in [0.1, 0.15) is 18.4 Å². The first-order chi connectivity index (χ1) is 7.61. The van der Waals surface area contributed by atoms with Crippen LogP contribution in [0.4, 0.5) is 10.1 Å². The Hall–Kier alpha value is -1.84. The van der Waals surface area contributed by atoms with E-state index in [4.69, 9.17) is 10.2 Å². The normalized spacial score (nSPS) is 10.7. The summed E-state index contributed by atoms with van der Waals surface area (Å²) in [5, 5.41) is 0. The fourth-order valence-corrected chi connectivity index (χ4v) is 1.60. The number of oxazole rings is 1. The summed E-state index contributed by atoms with van der Waals surface area (Å²) in [4.78, 5) is 4.27. The molecule has 0 unspecified atom stereocenters. The molecule has 16 heavy (non-hydrogen) atoms. The van der Waals surface area contributed by atoms with Crippen LogP contribution in [-0.4, -0.2) is 4.98 Å². The molecule has 0 radical (unpaired) electrons. The zero-order valence-electron chi connectivity index (χ0n) is 9.25. The molecule has 0 aliphatic heterocycles.